The topological polar surface area (TPSA) is 96.4 Å². The van der Waals surface area contributed by atoms with Crippen LogP contribution in [0.1, 0.15) is 25.1 Å². The summed E-state index contributed by atoms with van der Waals surface area (Å²) in [4.78, 5) is 0. The number of rotatable bonds is 4. The van der Waals surface area contributed by atoms with Gasteiger partial charge in [0.1, 0.15) is 5.56 Å². The van der Waals surface area contributed by atoms with E-state index in [4.69, 9.17) is 23.1 Å². The number of hydrogen-bond acceptors (Lipinski definition) is 2. The summed E-state index contributed by atoms with van der Waals surface area (Å²) in [5, 5.41) is 11.1. The maximum absolute atomic E-state index is 6.22. The molecule has 7 heteroatoms. The molecule has 1 aromatic heterocycles. The van der Waals surface area contributed by atoms with Crippen molar-refractivity contribution in [2.45, 2.75) is 27.3 Å². The highest BCUT2D eigenvalue weighted by atomic mass is 35.5. The van der Waals surface area contributed by atoms with Gasteiger partial charge in [-0.1, -0.05) is 18.5 Å². The number of H-pyrrole nitrogens is 1. The zero-order valence-electron chi connectivity index (χ0n) is 10.2. The Balaban J connectivity index is 2.97. The number of halogens is 1. The van der Waals surface area contributed by atoms with E-state index in [0.717, 1.165) is 17.8 Å². The Bertz CT molecular complexity index is 442. The van der Waals surface area contributed by atoms with Gasteiger partial charge in [-0.25, -0.2) is 0 Å². The molecule has 5 N–H and O–H groups in total. The lowest BCUT2D eigenvalue weighted by Gasteiger charge is -1.96. The van der Waals surface area contributed by atoms with Crippen LogP contribution in [-0.2, 0) is 6.54 Å². The quantitative estimate of drug-likeness (QED) is 0.317. The molecule has 1 heterocycles. The van der Waals surface area contributed by atoms with Crippen LogP contribution in [0.25, 0.3) is 0 Å². The van der Waals surface area contributed by atoms with Gasteiger partial charge in [0.2, 0.25) is 5.96 Å². The van der Waals surface area contributed by atoms with Crippen LogP contribution in [0, 0.1) is 12.8 Å². The first kappa shape index (κ1) is 13.5. The van der Waals surface area contributed by atoms with Crippen LogP contribution >= 0.6 is 11.6 Å². The summed E-state index contributed by atoms with van der Waals surface area (Å²) in [5.41, 5.74) is 12.1. The van der Waals surface area contributed by atoms with Crippen LogP contribution in [-0.4, -0.2) is 17.3 Å². The fourth-order valence-electron chi connectivity index (χ4n) is 1.41. The summed E-state index contributed by atoms with van der Waals surface area (Å²) >= 11 is 6.22. The summed E-state index contributed by atoms with van der Waals surface area (Å²) in [6.45, 7) is 6.97. The minimum absolute atomic E-state index is 0.0828. The van der Waals surface area contributed by atoms with Crippen molar-refractivity contribution < 1.29 is 4.68 Å². The first-order valence-corrected chi connectivity index (χ1v) is 5.69. The molecule has 0 fully saturated rings. The number of nitrogens with zero attached hydrogens (tertiary/aromatic N) is 3. The summed E-state index contributed by atoms with van der Waals surface area (Å²) in [6, 6.07) is 0. The highest BCUT2D eigenvalue weighted by Crippen LogP contribution is 2.12. The normalized spacial score (nSPS) is 11.4. The Hall–Kier alpha value is -1.56. The lowest BCUT2D eigenvalue weighted by Crippen LogP contribution is -2.39. The van der Waals surface area contributed by atoms with Crippen LogP contribution in [0.15, 0.2) is 10.2 Å². The lowest BCUT2D eigenvalue weighted by atomic mass is 10.2. The molecule has 0 unspecified atom stereocenters. The van der Waals surface area contributed by atoms with Crippen LogP contribution in [0.3, 0.4) is 0 Å². The molecule has 0 atom stereocenters. The third-order valence-electron chi connectivity index (χ3n) is 2.07. The van der Waals surface area contributed by atoms with Crippen molar-refractivity contribution in [3.8, 4) is 0 Å². The lowest BCUT2D eigenvalue weighted by molar-refractivity contribution is -0.753. The second-order valence-electron chi connectivity index (χ2n) is 4.22. The van der Waals surface area contributed by atoms with Crippen LogP contribution in [0.2, 0.25) is 5.15 Å². The van der Waals surface area contributed by atoms with Gasteiger partial charge in [0, 0.05) is 5.92 Å². The Morgan fingerprint density at radius 1 is 1.53 bits per heavy atom. The molecule has 0 radical (unpaired) electrons. The van der Waals surface area contributed by atoms with E-state index in [1.807, 2.05) is 11.6 Å². The van der Waals surface area contributed by atoms with Gasteiger partial charge in [0.15, 0.2) is 6.54 Å². The maximum Gasteiger partial charge on any atom is 0.309 e. The van der Waals surface area contributed by atoms with E-state index < -0.39 is 0 Å². The number of aromatic nitrogens is 2. The van der Waals surface area contributed by atoms with E-state index in [-0.39, 0.29) is 5.96 Å². The van der Waals surface area contributed by atoms with Crippen LogP contribution in [0.4, 0.5) is 0 Å². The third-order valence-corrected chi connectivity index (χ3v) is 2.48. The predicted molar refractivity (Wildman–Crippen MR) is 69.0 cm³/mol. The zero-order valence-corrected chi connectivity index (χ0v) is 11.0. The Morgan fingerprint density at radius 3 is 2.71 bits per heavy atom. The van der Waals surface area contributed by atoms with E-state index in [0.29, 0.717) is 11.1 Å². The number of aryl methyl sites for hydroxylation is 1. The monoisotopic (exact) mass is 257 g/mol. The molecule has 0 amide bonds. The van der Waals surface area contributed by atoms with Gasteiger partial charge in [0.05, 0.1) is 11.9 Å². The minimum atomic E-state index is -0.0828. The summed E-state index contributed by atoms with van der Waals surface area (Å²) in [6.07, 6.45) is 1.53. The average Bonchev–Trinajstić information content (AvgIpc) is 2.44. The molecule has 17 heavy (non-hydrogen) atoms. The first-order chi connectivity index (χ1) is 7.91. The van der Waals surface area contributed by atoms with Gasteiger partial charge in [-0.2, -0.15) is 10.2 Å². The minimum Gasteiger partial charge on any atom is -0.369 e. The predicted octanol–water partition coefficient (Wildman–Crippen LogP) is 0.527. The van der Waals surface area contributed by atoms with Crippen molar-refractivity contribution in [1.82, 2.24) is 5.10 Å². The van der Waals surface area contributed by atoms with E-state index in [1.54, 1.807) is 0 Å². The van der Waals surface area contributed by atoms with Crippen molar-refractivity contribution in [2.24, 2.45) is 27.6 Å². The molecule has 1 rings (SSSR count). The highest BCUT2D eigenvalue weighted by Gasteiger charge is 2.20. The van der Waals surface area contributed by atoms with Gasteiger partial charge in [-0.3, -0.25) is 0 Å². The van der Waals surface area contributed by atoms with Gasteiger partial charge in [-0.15, -0.1) is 5.10 Å². The van der Waals surface area contributed by atoms with E-state index in [9.17, 15) is 0 Å². The SMILES string of the molecule is Cc1[nH][n+](CC(C)C)c(Cl)c1/C=N/N=C(N)N. The molecular formula is C10H18ClN6+. The summed E-state index contributed by atoms with van der Waals surface area (Å²) in [5.74, 6) is 0.415. The number of hydrogen-bond donors (Lipinski definition) is 3. The first-order valence-electron chi connectivity index (χ1n) is 5.31. The number of guanidine groups is 1. The van der Waals surface area contributed by atoms with Gasteiger partial charge < -0.3 is 11.5 Å². The second-order valence-corrected chi connectivity index (χ2v) is 4.57. The van der Waals surface area contributed by atoms with Crippen molar-refractivity contribution in [2.75, 3.05) is 0 Å². The van der Waals surface area contributed by atoms with Crippen LogP contribution < -0.4 is 16.1 Å². The molecule has 0 spiro atoms. The summed E-state index contributed by atoms with van der Waals surface area (Å²) in [7, 11) is 0. The smallest absolute Gasteiger partial charge is 0.309 e. The average molecular weight is 258 g/mol. The van der Waals surface area contributed by atoms with Crippen LogP contribution in [0.5, 0.6) is 0 Å². The number of nitrogens with two attached hydrogens (primary N) is 2. The van der Waals surface area contributed by atoms with E-state index in [2.05, 4.69) is 29.1 Å². The van der Waals surface area contributed by atoms with Crippen molar-refractivity contribution >= 4 is 23.8 Å². The van der Waals surface area contributed by atoms with Gasteiger partial charge in [-0.05, 0) is 18.5 Å². The fraction of sp³-hybridized carbons (Fsp3) is 0.500. The Kier molecular flexibility index (Phi) is 4.51. The van der Waals surface area contributed by atoms with E-state index >= 15 is 0 Å². The summed E-state index contributed by atoms with van der Waals surface area (Å²) < 4.78 is 1.87. The fourth-order valence-corrected chi connectivity index (χ4v) is 1.71. The van der Waals surface area contributed by atoms with Gasteiger partial charge in [0.25, 0.3) is 0 Å². The maximum atomic E-state index is 6.22. The highest BCUT2D eigenvalue weighted by molar-refractivity contribution is 6.31. The number of nitrogens with one attached hydrogen (secondary N) is 1. The molecule has 0 aromatic carbocycles. The van der Waals surface area contributed by atoms with Crippen molar-refractivity contribution in [3.05, 3.63) is 16.4 Å². The Morgan fingerprint density at radius 2 is 2.18 bits per heavy atom. The Labute approximate surface area is 105 Å². The molecule has 0 aliphatic rings. The molecule has 0 aliphatic carbocycles. The third kappa shape index (κ3) is 3.74. The molecular weight excluding hydrogens is 240 g/mol. The molecule has 0 aliphatic heterocycles. The molecule has 0 saturated carbocycles. The second kappa shape index (κ2) is 5.67. The van der Waals surface area contributed by atoms with Crippen molar-refractivity contribution in [3.63, 3.8) is 0 Å². The molecule has 6 nitrogen and oxygen atoms in total. The van der Waals surface area contributed by atoms with E-state index in [1.165, 1.54) is 6.21 Å². The molecule has 0 bridgehead atoms. The zero-order chi connectivity index (χ0) is 13.0. The number of aromatic amines is 1. The molecule has 94 valence electrons. The largest absolute Gasteiger partial charge is 0.369 e. The van der Waals surface area contributed by atoms with Gasteiger partial charge >= 0.3 is 5.15 Å². The molecule has 0 saturated heterocycles. The molecule has 1 aromatic rings. The van der Waals surface area contributed by atoms with Crippen molar-refractivity contribution in [1.29, 1.82) is 0 Å². The standard InChI is InChI=1S/C10H17ClN6/c1-6(2)5-17-9(11)8(7(3)16-17)4-14-15-10(12)13/h4,6H,5H2,1-3H3,(H4,12,13,15)/p+1/b14-4+.